The third-order valence-corrected chi connectivity index (χ3v) is 3.21. The molecule has 0 unspecified atom stereocenters. The second kappa shape index (κ2) is 5.77. The topological polar surface area (TPSA) is 75.2 Å². The lowest BCUT2D eigenvalue weighted by molar-refractivity contribution is -0.135. The van der Waals surface area contributed by atoms with Crippen molar-refractivity contribution in [2.75, 3.05) is 11.9 Å². The van der Waals surface area contributed by atoms with Crippen LogP contribution < -0.4 is 5.32 Å². The average Bonchev–Trinajstić information content (AvgIpc) is 2.77. The Balaban J connectivity index is 2.07. The zero-order valence-corrected chi connectivity index (χ0v) is 11.2. The van der Waals surface area contributed by atoms with Gasteiger partial charge in [-0.15, -0.1) is 0 Å². The maximum absolute atomic E-state index is 12.2. The molecule has 0 radical (unpaired) electrons. The Morgan fingerprint density at radius 2 is 2.37 bits per heavy atom. The summed E-state index contributed by atoms with van der Waals surface area (Å²) in [5, 5.41) is 2.68. The van der Waals surface area contributed by atoms with E-state index in [1.807, 2.05) is 13.8 Å². The predicted molar refractivity (Wildman–Crippen MR) is 70.4 cm³/mol. The van der Waals surface area contributed by atoms with E-state index >= 15 is 0 Å². The maximum Gasteiger partial charge on any atom is 0.249 e. The minimum atomic E-state index is -0.431. The van der Waals surface area contributed by atoms with Crippen LogP contribution in [0.1, 0.15) is 31.9 Å². The number of amides is 2. The molecule has 2 amide bonds. The van der Waals surface area contributed by atoms with E-state index in [4.69, 9.17) is 0 Å². The van der Waals surface area contributed by atoms with E-state index in [2.05, 4.69) is 15.3 Å². The summed E-state index contributed by atoms with van der Waals surface area (Å²) in [5.41, 5.74) is 0.788. The highest BCUT2D eigenvalue weighted by Gasteiger charge is 2.31. The van der Waals surface area contributed by atoms with Crippen LogP contribution in [0.25, 0.3) is 0 Å². The van der Waals surface area contributed by atoms with Crippen LogP contribution in [-0.4, -0.2) is 39.3 Å². The predicted octanol–water partition coefficient (Wildman–Crippen LogP) is 1.12. The second-order valence-electron chi connectivity index (χ2n) is 4.63. The van der Waals surface area contributed by atoms with Crippen LogP contribution in [-0.2, 0) is 9.59 Å². The summed E-state index contributed by atoms with van der Waals surface area (Å²) >= 11 is 0. The van der Waals surface area contributed by atoms with Gasteiger partial charge < -0.3 is 4.90 Å². The fourth-order valence-electron chi connectivity index (χ4n) is 2.25. The minimum absolute atomic E-state index is 0.0483. The van der Waals surface area contributed by atoms with Gasteiger partial charge in [-0.25, -0.2) is 9.97 Å². The molecule has 1 fully saturated rings. The van der Waals surface area contributed by atoms with Crippen LogP contribution in [0.4, 0.5) is 5.95 Å². The fourth-order valence-corrected chi connectivity index (χ4v) is 2.25. The van der Waals surface area contributed by atoms with Crippen molar-refractivity contribution in [3.8, 4) is 0 Å². The average molecular weight is 262 g/mol. The molecule has 6 nitrogen and oxygen atoms in total. The highest BCUT2D eigenvalue weighted by atomic mass is 16.2. The third kappa shape index (κ3) is 3.07. The first kappa shape index (κ1) is 13.5. The Labute approximate surface area is 112 Å². The Morgan fingerprint density at radius 1 is 1.58 bits per heavy atom. The molecule has 1 atom stereocenters. The van der Waals surface area contributed by atoms with Crippen molar-refractivity contribution in [3.05, 3.63) is 18.0 Å². The smallest absolute Gasteiger partial charge is 0.249 e. The van der Waals surface area contributed by atoms with E-state index in [9.17, 15) is 9.59 Å². The molecule has 19 heavy (non-hydrogen) atoms. The first-order valence-corrected chi connectivity index (χ1v) is 6.51. The Hall–Kier alpha value is -1.98. The molecule has 1 aliphatic rings. The number of carbonyl (C=O) groups excluding carboxylic acids is 2. The molecular weight excluding hydrogens is 244 g/mol. The summed E-state index contributed by atoms with van der Waals surface area (Å²) in [6.45, 7) is 4.38. The Bertz CT molecular complexity index is 489. The van der Waals surface area contributed by atoms with Gasteiger partial charge in [0.2, 0.25) is 17.8 Å². The number of anilines is 1. The summed E-state index contributed by atoms with van der Waals surface area (Å²) in [6.07, 6.45) is 3.54. The second-order valence-corrected chi connectivity index (χ2v) is 4.63. The van der Waals surface area contributed by atoms with Crippen LogP contribution in [0, 0.1) is 6.92 Å². The van der Waals surface area contributed by atoms with Crippen molar-refractivity contribution in [1.82, 2.24) is 14.9 Å². The van der Waals surface area contributed by atoms with Gasteiger partial charge in [-0.3, -0.25) is 14.9 Å². The molecule has 1 aromatic heterocycles. The SMILES string of the molecule is CC[C@@H](C(=O)Nc1nccc(C)n1)N1CCCC1=O. The van der Waals surface area contributed by atoms with Crippen molar-refractivity contribution in [3.63, 3.8) is 0 Å². The number of hydrogen-bond acceptors (Lipinski definition) is 4. The molecule has 0 aromatic carbocycles. The molecule has 1 saturated heterocycles. The number of likely N-dealkylation sites (tertiary alicyclic amines) is 1. The van der Waals surface area contributed by atoms with Crippen LogP contribution in [0.15, 0.2) is 12.3 Å². The van der Waals surface area contributed by atoms with Crippen molar-refractivity contribution < 1.29 is 9.59 Å². The lowest BCUT2D eigenvalue weighted by Crippen LogP contribution is -2.44. The van der Waals surface area contributed by atoms with Crippen LogP contribution in [0.3, 0.4) is 0 Å². The normalized spacial score (nSPS) is 16.5. The van der Waals surface area contributed by atoms with E-state index in [-0.39, 0.29) is 17.8 Å². The number of nitrogens with zero attached hydrogens (tertiary/aromatic N) is 3. The van der Waals surface area contributed by atoms with Gasteiger partial charge in [0.1, 0.15) is 6.04 Å². The maximum atomic E-state index is 12.2. The zero-order valence-electron chi connectivity index (χ0n) is 11.2. The van der Waals surface area contributed by atoms with Gasteiger partial charge in [0.15, 0.2) is 0 Å². The Morgan fingerprint density at radius 3 is 2.95 bits per heavy atom. The quantitative estimate of drug-likeness (QED) is 0.882. The fraction of sp³-hybridized carbons (Fsp3) is 0.538. The number of aryl methyl sites for hydroxylation is 1. The number of rotatable bonds is 4. The summed E-state index contributed by atoms with van der Waals surface area (Å²) in [7, 11) is 0. The molecule has 6 heteroatoms. The molecule has 2 heterocycles. The zero-order chi connectivity index (χ0) is 13.8. The van der Waals surface area contributed by atoms with E-state index in [0.717, 1.165) is 12.1 Å². The molecule has 0 saturated carbocycles. The van der Waals surface area contributed by atoms with Gasteiger partial charge in [0, 0.05) is 24.9 Å². The van der Waals surface area contributed by atoms with Crippen molar-refractivity contribution in [2.45, 2.75) is 39.2 Å². The molecule has 0 bridgehead atoms. The number of nitrogens with one attached hydrogen (secondary N) is 1. The summed E-state index contributed by atoms with van der Waals surface area (Å²) < 4.78 is 0. The largest absolute Gasteiger partial charge is 0.331 e. The summed E-state index contributed by atoms with van der Waals surface area (Å²) in [6, 6.07) is 1.33. The molecule has 1 aliphatic heterocycles. The summed E-state index contributed by atoms with van der Waals surface area (Å²) in [4.78, 5) is 33.7. The van der Waals surface area contributed by atoms with Gasteiger partial charge in [-0.05, 0) is 25.8 Å². The molecular formula is C13H18N4O2. The standard InChI is InChI=1S/C13H18N4O2/c1-3-10(17-8-4-5-11(17)18)12(19)16-13-14-7-6-9(2)15-13/h6-7,10H,3-5,8H2,1-2H3,(H,14,15,16,19)/t10-/m0/s1. The van der Waals surface area contributed by atoms with E-state index in [1.54, 1.807) is 17.2 Å². The first-order valence-electron chi connectivity index (χ1n) is 6.51. The molecule has 0 aliphatic carbocycles. The van der Waals surface area contributed by atoms with Crippen molar-refractivity contribution in [2.24, 2.45) is 0 Å². The lowest BCUT2D eigenvalue weighted by Gasteiger charge is -2.25. The number of aromatic nitrogens is 2. The van der Waals surface area contributed by atoms with Gasteiger partial charge in [0.25, 0.3) is 0 Å². The van der Waals surface area contributed by atoms with Crippen LogP contribution in [0.5, 0.6) is 0 Å². The third-order valence-electron chi connectivity index (χ3n) is 3.21. The minimum Gasteiger partial charge on any atom is -0.331 e. The van der Waals surface area contributed by atoms with Gasteiger partial charge >= 0.3 is 0 Å². The molecule has 2 rings (SSSR count). The first-order chi connectivity index (χ1) is 9.11. The monoisotopic (exact) mass is 262 g/mol. The van der Waals surface area contributed by atoms with E-state index in [1.165, 1.54) is 0 Å². The molecule has 102 valence electrons. The molecule has 1 aromatic rings. The lowest BCUT2D eigenvalue weighted by atomic mass is 10.2. The Kier molecular flexibility index (Phi) is 4.09. The van der Waals surface area contributed by atoms with Gasteiger partial charge in [0.05, 0.1) is 0 Å². The number of carbonyl (C=O) groups is 2. The van der Waals surface area contributed by atoms with Crippen LogP contribution >= 0.6 is 0 Å². The van der Waals surface area contributed by atoms with Crippen LogP contribution in [0.2, 0.25) is 0 Å². The van der Waals surface area contributed by atoms with E-state index < -0.39 is 6.04 Å². The molecule has 1 N–H and O–H groups in total. The van der Waals surface area contributed by atoms with Gasteiger partial charge in [-0.2, -0.15) is 0 Å². The number of hydrogen-bond donors (Lipinski definition) is 1. The highest BCUT2D eigenvalue weighted by Crippen LogP contribution is 2.16. The summed E-state index contributed by atoms with van der Waals surface area (Å²) in [5.74, 6) is 0.116. The molecule has 0 spiro atoms. The van der Waals surface area contributed by atoms with Crippen molar-refractivity contribution in [1.29, 1.82) is 0 Å². The van der Waals surface area contributed by atoms with E-state index in [0.29, 0.717) is 19.4 Å². The van der Waals surface area contributed by atoms with Gasteiger partial charge in [-0.1, -0.05) is 6.92 Å². The van der Waals surface area contributed by atoms with Crippen molar-refractivity contribution >= 4 is 17.8 Å². The highest BCUT2D eigenvalue weighted by molar-refractivity contribution is 5.96.